The van der Waals surface area contributed by atoms with Crippen LogP contribution in [0.1, 0.15) is 17.2 Å². The number of aliphatic hydroxyl groups excluding tert-OH is 1. The third kappa shape index (κ3) is 5.87. The fraction of sp³-hybridized carbons (Fsp3) is 0.286. The fourth-order valence-electron chi connectivity index (χ4n) is 2.65. The number of phenols is 2. The molecule has 2 rings (SSSR count). The van der Waals surface area contributed by atoms with Crippen molar-refractivity contribution in [3.8, 4) is 23.0 Å². The lowest BCUT2D eigenvalue weighted by Crippen LogP contribution is -2.26. The monoisotopic (exact) mass is 404 g/mol. The number of phenolic OH excluding ortho intramolecular Hbond substituents is 2. The van der Waals surface area contributed by atoms with Crippen LogP contribution in [0.2, 0.25) is 0 Å². The molecule has 156 valence electrons. The van der Waals surface area contributed by atoms with E-state index in [0.717, 1.165) is 0 Å². The zero-order valence-corrected chi connectivity index (χ0v) is 16.4. The molecule has 0 aliphatic heterocycles. The third-order valence-corrected chi connectivity index (χ3v) is 4.15. The number of carbonyl (C=O) groups excluding carboxylic acids is 1. The van der Waals surface area contributed by atoms with Crippen LogP contribution in [0, 0.1) is 0 Å². The van der Waals surface area contributed by atoms with Crippen molar-refractivity contribution < 1.29 is 39.1 Å². The first-order valence-electron chi connectivity index (χ1n) is 8.69. The van der Waals surface area contributed by atoms with Crippen molar-refractivity contribution in [1.29, 1.82) is 0 Å². The van der Waals surface area contributed by atoms with E-state index in [1.54, 1.807) is 18.2 Å². The number of benzene rings is 2. The van der Waals surface area contributed by atoms with Crippen LogP contribution in [-0.2, 0) is 14.3 Å². The maximum atomic E-state index is 11.9. The number of aliphatic hydroxyl groups is 1. The minimum Gasteiger partial charge on any atom is -0.504 e. The molecule has 8 nitrogen and oxygen atoms in total. The van der Waals surface area contributed by atoms with Gasteiger partial charge in [-0.1, -0.05) is 12.1 Å². The minimum atomic E-state index is -1.14. The second-order valence-corrected chi connectivity index (χ2v) is 6.05. The van der Waals surface area contributed by atoms with E-state index < -0.39 is 18.2 Å². The molecule has 3 N–H and O–H groups in total. The van der Waals surface area contributed by atoms with Crippen molar-refractivity contribution in [2.45, 2.75) is 12.2 Å². The fourth-order valence-corrected chi connectivity index (χ4v) is 2.65. The van der Waals surface area contributed by atoms with Crippen LogP contribution in [0.3, 0.4) is 0 Å². The summed E-state index contributed by atoms with van der Waals surface area (Å²) in [7, 11) is 4.25. The Balaban J connectivity index is 1.97. The van der Waals surface area contributed by atoms with Gasteiger partial charge in [-0.15, -0.1) is 0 Å². The molecule has 0 heterocycles. The molecule has 0 spiro atoms. The van der Waals surface area contributed by atoms with Crippen LogP contribution in [0.25, 0.3) is 6.08 Å². The van der Waals surface area contributed by atoms with Crippen LogP contribution in [0.5, 0.6) is 23.0 Å². The SMILES string of the molecule is COc1cc(C=CC(=O)OCC(O)C(OC)c2ccc(O)c(OC)c2)ccc1O. The average molecular weight is 404 g/mol. The maximum absolute atomic E-state index is 11.9. The molecule has 0 radical (unpaired) electrons. The molecule has 0 bridgehead atoms. The highest BCUT2D eigenvalue weighted by Gasteiger charge is 2.23. The van der Waals surface area contributed by atoms with Crippen molar-refractivity contribution in [2.24, 2.45) is 0 Å². The first-order chi connectivity index (χ1) is 13.9. The third-order valence-electron chi connectivity index (χ3n) is 4.15. The Bertz CT molecular complexity index is 862. The van der Waals surface area contributed by atoms with Gasteiger partial charge in [-0.05, 0) is 41.5 Å². The first kappa shape index (κ1) is 22.1. The standard InChI is InChI=1S/C21H24O8/c1-26-18-10-13(4-7-15(18)22)5-9-20(25)29-12-17(24)21(28-3)14-6-8-16(23)19(11-14)27-2/h4-11,17,21-24H,12H2,1-3H3. The van der Waals surface area contributed by atoms with Gasteiger partial charge in [0, 0.05) is 13.2 Å². The molecule has 2 aromatic rings. The summed E-state index contributed by atoms with van der Waals surface area (Å²) in [4.78, 5) is 11.9. The van der Waals surface area contributed by atoms with Crippen molar-refractivity contribution in [2.75, 3.05) is 27.9 Å². The average Bonchev–Trinajstić information content (AvgIpc) is 2.73. The van der Waals surface area contributed by atoms with Gasteiger partial charge in [0.2, 0.25) is 0 Å². The van der Waals surface area contributed by atoms with Crippen molar-refractivity contribution in [3.05, 3.63) is 53.6 Å². The van der Waals surface area contributed by atoms with Gasteiger partial charge in [0.05, 0.1) is 14.2 Å². The van der Waals surface area contributed by atoms with E-state index in [9.17, 15) is 20.1 Å². The number of methoxy groups -OCH3 is 3. The molecule has 0 amide bonds. The largest absolute Gasteiger partial charge is 0.504 e. The summed E-state index contributed by atoms with van der Waals surface area (Å²) >= 11 is 0. The summed E-state index contributed by atoms with van der Waals surface area (Å²) in [6.07, 6.45) is 0.766. The van der Waals surface area contributed by atoms with Crippen LogP contribution in [-0.4, -0.2) is 55.3 Å². The molecule has 2 atom stereocenters. The highest BCUT2D eigenvalue weighted by molar-refractivity contribution is 5.87. The molecule has 2 aromatic carbocycles. The smallest absolute Gasteiger partial charge is 0.330 e. The molecule has 29 heavy (non-hydrogen) atoms. The van der Waals surface area contributed by atoms with E-state index in [1.807, 2.05) is 0 Å². The molecular formula is C21H24O8. The topological polar surface area (TPSA) is 115 Å². The Labute approximate surface area is 168 Å². The second kappa shape index (κ2) is 10.4. The van der Waals surface area contributed by atoms with Crippen LogP contribution in [0.4, 0.5) is 0 Å². The molecule has 8 heteroatoms. The molecule has 2 unspecified atom stereocenters. The summed E-state index contributed by atoms with van der Waals surface area (Å²) in [5, 5.41) is 29.6. The van der Waals surface area contributed by atoms with E-state index >= 15 is 0 Å². The van der Waals surface area contributed by atoms with Crippen LogP contribution >= 0.6 is 0 Å². The zero-order valence-electron chi connectivity index (χ0n) is 16.4. The van der Waals surface area contributed by atoms with Gasteiger partial charge in [0.15, 0.2) is 23.0 Å². The first-order valence-corrected chi connectivity index (χ1v) is 8.69. The predicted octanol–water partition coefficient (Wildman–Crippen LogP) is 2.42. The van der Waals surface area contributed by atoms with Gasteiger partial charge in [-0.3, -0.25) is 0 Å². The van der Waals surface area contributed by atoms with Crippen LogP contribution in [0.15, 0.2) is 42.5 Å². The van der Waals surface area contributed by atoms with Crippen LogP contribution < -0.4 is 9.47 Å². The Morgan fingerprint density at radius 1 is 1.00 bits per heavy atom. The van der Waals surface area contributed by atoms with Gasteiger partial charge in [-0.2, -0.15) is 0 Å². The summed E-state index contributed by atoms with van der Waals surface area (Å²) in [5.74, 6) is -0.187. The minimum absolute atomic E-state index is 0.00758. The summed E-state index contributed by atoms with van der Waals surface area (Å²) in [6, 6.07) is 9.15. The quantitative estimate of drug-likeness (QED) is 0.431. The molecule has 0 aromatic heterocycles. The number of esters is 1. The number of carbonyl (C=O) groups is 1. The molecule has 0 aliphatic carbocycles. The normalized spacial score (nSPS) is 13.1. The molecule has 0 fully saturated rings. The number of aromatic hydroxyl groups is 2. The van der Waals surface area contributed by atoms with E-state index in [-0.39, 0.29) is 29.6 Å². The lowest BCUT2D eigenvalue weighted by molar-refractivity contribution is -0.143. The summed E-state index contributed by atoms with van der Waals surface area (Å²) < 4.78 is 20.4. The summed E-state index contributed by atoms with van der Waals surface area (Å²) in [5.41, 5.74) is 1.18. The van der Waals surface area contributed by atoms with E-state index in [0.29, 0.717) is 11.1 Å². The van der Waals surface area contributed by atoms with Gasteiger partial charge in [-0.25, -0.2) is 4.79 Å². The van der Waals surface area contributed by atoms with Crippen molar-refractivity contribution in [1.82, 2.24) is 0 Å². The van der Waals surface area contributed by atoms with Crippen molar-refractivity contribution in [3.63, 3.8) is 0 Å². The highest BCUT2D eigenvalue weighted by Crippen LogP contribution is 2.31. The Morgan fingerprint density at radius 2 is 1.62 bits per heavy atom. The second-order valence-electron chi connectivity index (χ2n) is 6.05. The lowest BCUT2D eigenvalue weighted by atomic mass is 10.0. The maximum Gasteiger partial charge on any atom is 0.330 e. The van der Waals surface area contributed by atoms with Gasteiger partial charge in [0.1, 0.15) is 18.8 Å². The molecule has 0 saturated heterocycles. The Kier molecular flexibility index (Phi) is 7.88. The molecule has 0 saturated carbocycles. The van der Waals surface area contributed by atoms with Gasteiger partial charge in [0.25, 0.3) is 0 Å². The zero-order chi connectivity index (χ0) is 21.4. The highest BCUT2D eigenvalue weighted by atomic mass is 16.5. The van der Waals surface area contributed by atoms with E-state index in [2.05, 4.69) is 0 Å². The number of rotatable bonds is 9. The van der Waals surface area contributed by atoms with Gasteiger partial charge >= 0.3 is 5.97 Å². The predicted molar refractivity (Wildman–Crippen MR) is 105 cm³/mol. The number of hydrogen-bond acceptors (Lipinski definition) is 8. The van der Waals surface area contributed by atoms with E-state index in [1.165, 1.54) is 51.7 Å². The van der Waals surface area contributed by atoms with Gasteiger partial charge < -0.3 is 34.3 Å². The Morgan fingerprint density at radius 3 is 2.24 bits per heavy atom. The molecule has 0 aliphatic rings. The van der Waals surface area contributed by atoms with E-state index in [4.69, 9.17) is 18.9 Å². The Hall–Kier alpha value is -3.23. The lowest BCUT2D eigenvalue weighted by Gasteiger charge is -2.22. The summed E-state index contributed by atoms with van der Waals surface area (Å²) in [6.45, 7) is -0.302. The molecular weight excluding hydrogens is 380 g/mol. The van der Waals surface area contributed by atoms with Crippen molar-refractivity contribution >= 4 is 12.0 Å². The number of hydrogen-bond donors (Lipinski definition) is 3. The number of ether oxygens (including phenoxy) is 4.